The topological polar surface area (TPSA) is 74.9 Å². The van der Waals surface area contributed by atoms with Crippen LogP contribution in [0.1, 0.15) is 53.8 Å². The van der Waals surface area contributed by atoms with Crippen LogP contribution in [0.3, 0.4) is 0 Å². The molecule has 6 rings (SSSR count). The predicted octanol–water partition coefficient (Wildman–Crippen LogP) is 5.24. The fraction of sp³-hybridized carbons (Fsp3) is 0.333. The Morgan fingerprint density at radius 1 is 0.950 bits per heavy atom. The van der Waals surface area contributed by atoms with E-state index in [0.29, 0.717) is 36.8 Å². The van der Waals surface area contributed by atoms with Gasteiger partial charge in [0.05, 0.1) is 26.8 Å². The Labute approximate surface area is 234 Å². The van der Waals surface area contributed by atoms with Gasteiger partial charge in [-0.2, -0.15) is 0 Å². The maximum Gasteiger partial charge on any atom is 0.246 e. The number of methoxy groups -OCH3 is 2. The number of aromatic nitrogens is 1. The fourth-order valence-corrected chi connectivity index (χ4v) is 6.22. The van der Waals surface area contributed by atoms with Crippen molar-refractivity contribution < 1.29 is 19.1 Å². The summed E-state index contributed by atoms with van der Waals surface area (Å²) in [6, 6.07) is 21.6. The van der Waals surface area contributed by atoms with Crippen LogP contribution in [-0.4, -0.2) is 59.9 Å². The standard InChI is InChI=1S/C33H35N3O4/c1-20(2)22-10-12-23(13-11-22)32-31-25(24-7-5-6-8-26(24)34-31)18-27-33(38)35(19-30(37)36(27)32)16-15-21-9-14-28(39-3)29(17-21)40-4/h5-14,17,20,27,32,34H,15-16,18-19H2,1-4H3/t27-,32?/m0/s1. The molecule has 0 bridgehead atoms. The summed E-state index contributed by atoms with van der Waals surface area (Å²) in [5.41, 5.74) is 6.44. The van der Waals surface area contributed by atoms with Gasteiger partial charge in [0.1, 0.15) is 6.04 Å². The summed E-state index contributed by atoms with van der Waals surface area (Å²) in [7, 11) is 3.22. The summed E-state index contributed by atoms with van der Waals surface area (Å²) >= 11 is 0. The number of aromatic amines is 1. The Balaban J connectivity index is 1.34. The number of para-hydroxylation sites is 1. The molecule has 0 spiro atoms. The third-order valence-corrected chi connectivity index (χ3v) is 8.38. The SMILES string of the molecule is COc1ccc(CCN2CC(=O)N3C(c4ccc(C(C)C)cc4)c4[nH]c5ccccc5c4C[C@H]3C2=O)cc1OC. The average Bonchev–Trinajstić information content (AvgIpc) is 3.35. The van der Waals surface area contributed by atoms with Gasteiger partial charge in [0.15, 0.2) is 11.5 Å². The minimum Gasteiger partial charge on any atom is -0.493 e. The van der Waals surface area contributed by atoms with E-state index in [1.807, 2.05) is 35.2 Å². The summed E-state index contributed by atoms with van der Waals surface area (Å²) in [5, 5.41) is 1.11. The highest BCUT2D eigenvalue weighted by Crippen LogP contribution is 2.42. The van der Waals surface area contributed by atoms with Crippen LogP contribution < -0.4 is 9.47 Å². The lowest BCUT2D eigenvalue weighted by atomic mass is 9.85. The molecule has 2 atom stereocenters. The van der Waals surface area contributed by atoms with Crippen molar-refractivity contribution in [2.24, 2.45) is 0 Å². The predicted molar refractivity (Wildman–Crippen MR) is 155 cm³/mol. The molecule has 0 radical (unpaired) electrons. The van der Waals surface area contributed by atoms with Gasteiger partial charge < -0.3 is 24.3 Å². The second-order valence-corrected chi connectivity index (χ2v) is 11.0. The summed E-state index contributed by atoms with van der Waals surface area (Å²) in [6.45, 7) is 4.87. The largest absolute Gasteiger partial charge is 0.493 e. The van der Waals surface area contributed by atoms with Crippen molar-refractivity contribution in [1.82, 2.24) is 14.8 Å². The molecule has 1 saturated heterocycles. The molecule has 3 heterocycles. The number of piperazine rings is 1. The molecular weight excluding hydrogens is 502 g/mol. The van der Waals surface area contributed by atoms with Gasteiger partial charge >= 0.3 is 0 Å². The van der Waals surface area contributed by atoms with Crippen LogP contribution >= 0.6 is 0 Å². The van der Waals surface area contributed by atoms with Crippen molar-refractivity contribution >= 4 is 22.7 Å². The molecule has 1 fully saturated rings. The minimum atomic E-state index is -0.548. The van der Waals surface area contributed by atoms with Gasteiger partial charge in [0, 0.05) is 29.6 Å². The lowest BCUT2D eigenvalue weighted by molar-refractivity contribution is -0.158. The number of benzene rings is 3. The van der Waals surface area contributed by atoms with E-state index in [-0.39, 0.29) is 24.4 Å². The Hall–Kier alpha value is -4.26. The molecule has 3 aromatic carbocycles. The molecule has 2 amide bonds. The molecule has 1 unspecified atom stereocenters. The minimum absolute atomic E-state index is 0.000177. The number of hydrogen-bond acceptors (Lipinski definition) is 4. The first kappa shape index (κ1) is 26.0. The first-order valence-corrected chi connectivity index (χ1v) is 13.9. The van der Waals surface area contributed by atoms with E-state index in [1.165, 1.54) is 5.56 Å². The number of fused-ring (bicyclic) bond motifs is 4. The Morgan fingerprint density at radius 3 is 2.42 bits per heavy atom. The average molecular weight is 538 g/mol. The second-order valence-electron chi connectivity index (χ2n) is 11.0. The quantitative estimate of drug-likeness (QED) is 0.350. The number of carbonyl (C=O) groups excluding carboxylic acids is 2. The molecule has 0 aliphatic carbocycles. The molecular formula is C33H35N3O4. The smallest absolute Gasteiger partial charge is 0.246 e. The van der Waals surface area contributed by atoms with Crippen LogP contribution in [0.4, 0.5) is 0 Å². The number of carbonyl (C=O) groups is 2. The van der Waals surface area contributed by atoms with E-state index in [9.17, 15) is 9.59 Å². The zero-order valence-electron chi connectivity index (χ0n) is 23.4. The molecule has 206 valence electrons. The molecule has 7 nitrogen and oxygen atoms in total. The molecule has 40 heavy (non-hydrogen) atoms. The van der Waals surface area contributed by atoms with E-state index < -0.39 is 6.04 Å². The van der Waals surface area contributed by atoms with Gasteiger partial charge in [-0.15, -0.1) is 0 Å². The second kappa shape index (κ2) is 10.4. The van der Waals surface area contributed by atoms with Crippen LogP contribution in [0.15, 0.2) is 66.7 Å². The maximum atomic E-state index is 14.0. The van der Waals surface area contributed by atoms with Crippen LogP contribution in [0, 0.1) is 0 Å². The maximum absolute atomic E-state index is 14.0. The first-order chi connectivity index (χ1) is 19.4. The Bertz CT molecular complexity index is 1570. The summed E-state index contributed by atoms with van der Waals surface area (Å²) in [5.74, 6) is 1.70. The molecule has 7 heteroatoms. The monoisotopic (exact) mass is 537 g/mol. The van der Waals surface area contributed by atoms with Crippen molar-refractivity contribution in [3.63, 3.8) is 0 Å². The third kappa shape index (κ3) is 4.39. The van der Waals surface area contributed by atoms with E-state index in [4.69, 9.17) is 9.47 Å². The van der Waals surface area contributed by atoms with Crippen LogP contribution in [0.5, 0.6) is 11.5 Å². The van der Waals surface area contributed by atoms with Crippen molar-refractivity contribution in [2.45, 2.75) is 44.7 Å². The molecule has 2 aliphatic rings. The third-order valence-electron chi connectivity index (χ3n) is 8.38. The number of hydrogen-bond donors (Lipinski definition) is 1. The lowest BCUT2D eigenvalue weighted by Gasteiger charge is -2.47. The van der Waals surface area contributed by atoms with Crippen molar-refractivity contribution in [3.05, 3.63) is 94.7 Å². The molecule has 1 N–H and O–H groups in total. The Kier molecular flexibility index (Phi) is 6.74. The first-order valence-electron chi connectivity index (χ1n) is 13.9. The van der Waals surface area contributed by atoms with Crippen molar-refractivity contribution in [1.29, 1.82) is 0 Å². The summed E-state index contributed by atoms with van der Waals surface area (Å²) in [4.78, 5) is 35.0. The van der Waals surface area contributed by atoms with Gasteiger partial charge in [0.2, 0.25) is 11.8 Å². The normalized spacial score (nSPS) is 18.7. The number of H-pyrrole nitrogens is 1. The zero-order chi connectivity index (χ0) is 28.0. The summed E-state index contributed by atoms with van der Waals surface area (Å²) in [6.07, 6.45) is 1.11. The van der Waals surface area contributed by atoms with Gasteiger partial charge in [-0.05, 0) is 52.8 Å². The highest BCUT2D eigenvalue weighted by molar-refractivity contribution is 5.97. The highest BCUT2D eigenvalue weighted by Gasteiger charge is 2.48. The van der Waals surface area contributed by atoms with Gasteiger partial charge in [-0.1, -0.05) is 62.4 Å². The fourth-order valence-electron chi connectivity index (χ4n) is 6.22. The van der Waals surface area contributed by atoms with E-state index in [1.54, 1.807) is 19.1 Å². The number of rotatable bonds is 7. The number of nitrogens with zero attached hydrogens (tertiary/aromatic N) is 2. The number of ether oxygens (including phenoxy) is 2. The lowest BCUT2D eigenvalue weighted by Crippen LogP contribution is -2.63. The van der Waals surface area contributed by atoms with Gasteiger partial charge in [0.25, 0.3) is 0 Å². The molecule has 0 saturated carbocycles. The molecule has 1 aromatic heterocycles. The zero-order valence-corrected chi connectivity index (χ0v) is 23.4. The van der Waals surface area contributed by atoms with Gasteiger partial charge in [-0.25, -0.2) is 0 Å². The molecule has 2 aliphatic heterocycles. The van der Waals surface area contributed by atoms with Crippen LogP contribution in [0.25, 0.3) is 10.9 Å². The van der Waals surface area contributed by atoms with Crippen LogP contribution in [-0.2, 0) is 22.4 Å². The van der Waals surface area contributed by atoms with Crippen molar-refractivity contribution in [3.8, 4) is 11.5 Å². The van der Waals surface area contributed by atoms with E-state index >= 15 is 0 Å². The highest BCUT2D eigenvalue weighted by atomic mass is 16.5. The van der Waals surface area contributed by atoms with Crippen LogP contribution in [0.2, 0.25) is 0 Å². The van der Waals surface area contributed by atoms with Crippen molar-refractivity contribution in [2.75, 3.05) is 27.3 Å². The van der Waals surface area contributed by atoms with Gasteiger partial charge in [-0.3, -0.25) is 9.59 Å². The number of nitrogens with one attached hydrogen (secondary N) is 1. The molecule has 4 aromatic rings. The Morgan fingerprint density at radius 2 is 1.70 bits per heavy atom. The van der Waals surface area contributed by atoms with E-state index in [0.717, 1.165) is 33.3 Å². The van der Waals surface area contributed by atoms with E-state index in [2.05, 4.69) is 55.2 Å². The summed E-state index contributed by atoms with van der Waals surface area (Å²) < 4.78 is 10.8. The number of amides is 2.